The molecule has 0 atom stereocenters. The number of hydrogen-bond donors (Lipinski definition) is 0. The molecule has 0 saturated heterocycles. The van der Waals surface area contributed by atoms with Crippen LogP contribution < -0.4 is 0 Å². The fourth-order valence-electron chi connectivity index (χ4n) is 1.22. The molecule has 0 spiro atoms. The quantitative estimate of drug-likeness (QED) is 0.573. The maximum atomic E-state index is 13.4. The molecule has 0 bridgehead atoms. The minimum Gasteiger partial charge on any atom is -0.377 e. The van der Waals surface area contributed by atoms with Crippen LogP contribution in [0, 0.1) is 30.2 Å². The molecule has 0 heterocycles. The summed E-state index contributed by atoms with van der Waals surface area (Å²) >= 11 is 0. The van der Waals surface area contributed by atoms with Crippen LogP contribution in [0.4, 0.5) is 17.6 Å². The second kappa shape index (κ2) is 6.42. The van der Waals surface area contributed by atoms with E-state index in [2.05, 4.69) is 6.58 Å². The molecule has 102 valence electrons. The van der Waals surface area contributed by atoms with Crippen molar-refractivity contribution in [2.45, 2.75) is 20.8 Å². The van der Waals surface area contributed by atoms with Crippen molar-refractivity contribution in [3.8, 4) is 0 Å². The Labute approximate surface area is 105 Å². The van der Waals surface area contributed by atoms with Crippen LogP contribution in [0.1, 0.15) is 25.0 Å². The van der Waals surface area contributed by atoms with Gasteiger partial charge in [-0.1, -0.05) is 20.4 Å². The molecule has 1 aromatic carbocycles. The van der Waals surface area contributed by atoms with E-state index in [1.807, 2.05) is 13.8 Å². The predicted octanol–water partition coefficient (Wildman–Crippen LogP) is 4.11. The molecule has 0 aromatic heterocycles. The topological polar surface area (TPSA) is 3.24 Å². The summed E-state index contributed by atoms with van der Waals surface area (Å²) in [5.41, 5.74) is -1.58. The van der Waals surface area contributed by atoms with Crippen LogP contribution in [-0.2, 0) is 0 Å². The summed E-state index contributed by atoms with van der Waals surface area (Å²) in [6, 6.07) is 0. The first-order valence-electron chi connectivity index (χ1n) is 5.48. The van der Waals surface area contributed by atoms with E-state index in [1.165, 1.54) is 19.0 Å². The summed E-state index contributed by atoms with van der Waals surface area (Å²) in [6.45, 7) is 8.34. The highest BCUT2D eigenvalue weighted by molar-refractivity contribution is 5.63. The zero-order valence-electron chi connectivity index (χ0n) is 11.2. The van der Waals surface area contributed by atoms with Crippen LogP contribution >= 0.6 is 0 Å². The van der Waals surface area contributed by atoms with Crippen molar-refractivity contribution in [3.05, 3.63) is 41.0 Å². The Bertz CT molecular complexity index is 424. The second-order valence-corrected chi connectivity index (χ2v) is 3.60. The van der Waals surface area contributed by atoms with Crippen LogP contribution in [0.5, 0.6) is 0 Å². The summed E-state index contributed by atoms with van der Waals surface area (Å²) in [6.07, 6.45) is 0. The van der Waals surface area contributed by atoms with Crippen molar-refractivity contribution in [1.29, 1.82) is 0 Å². The molecule has 0 saturated carbocycles. The lowest BCUT2D eigenvalue weighted by Gasteiger charge is -2.18. The van der Waals surface area contributed by atoms with E-state index in [1.54, 1.807) is 0 Å². The summed E-state index contributed by atoms with van der Waals surface area (Å²) in [4.78, 5) is 1.27. The van der Waals surface area contributed by atoms with E-state index >= 15 is 0 Å². The summed E-state index contributed by atoms with van der Waals surface area (Å²) < 4.78 is 53.3. The Morgan fingerprint density at radius 1 is 0.889 bits per heavy atom. The van der Waals surface area contributed by atoms with E-state index in [9.17, 15) is 17.6 Å². The van der Waals surface area contributed by atoms with Gasteiger partial charge in [-0.25, -0.2) is 17.6 Å². The normalized spacial score (nSPS) is 9.61. The molecule has 0 aliphatic carbocycles. The minimum atomic E-state index is -1.42. The molecule has 0 unspecified atom stereocenters. The van der Waals surface area contributed by atoms with E-state index in [-0.39, 0.29) is 5.70 Å². The number of rotatable bonds is 2. The van der Waals surface area contributed by atoms with Gasteiger partial charge in [0.25, 0.3) is 0 Å². The van der Waals surface area contributed by atoms with E-state index in [0.29, 0.717) is 0 Å². The average molecular weight is 263 g/mol. The minimum absolute atomic E-state index is 0.132. The number of halogens is 4. The SMILES string of the molecule is C=C(c1c(F)c(F)c(C)c(F)c1F)N(C)C.CC. The number of hydrogen-bond acceptors (Lipinski definition) is 1. The first kappa shape index (κ1) is 16.5. The third kappa shape index (κ3) is 2.83. The molecule has 0 N–H and O–H groups in total. The molecule has 18 heavy (non-hydrogen) atoms. The summed E-state index contributed by atoms with van der Waals surface area (Å²) in [5.74, 6) is -5.63. The standard InChI is InChI=1S/C11H11F4N.C2H6/c1-5-8(12)10(14)7(6(2)16(3)4)11(15)9(5)13;1-2/h2H2,1,3-4H3;1-2H3. The highest BCUT2D eigenvalue weighted by Crippen LogP contribution is 2.28. The highest BCUT2D eigenvalue weighted by Gasteiger charge is 2.25. The third-order valence-electron chi connectivity index (χ3n) is 2.31. The Morgan fingerprint density at radius 3 is 1.50 bits per heavy atom. The van der Waals surface area contributed by atoms with Crippen LogP contribution in [-0.4, -0.2) is 19.0 Å². The molecule has 5 heteroatoms. The van der Waals surface area contributed by atoms with Crippen molar-refractivity contribution in [2.24, 2.45) is 0 Å². The Kier molecular flexibility index (Phi) is 5.88. The maximum Gasteiger partial charge on any atom is 0.171 e. The van der Waals surface area contributed by atoms with Crippen molar-refractivity contribution in [2.75, 3.05) is 14.1 Å². The van der Waals surface area contributed by atoms with Gasteiger partial charge in [-0.05, 0) is 6.92 Å². The maximum absolute atomic E-state index is 13.4. The van der Waals surface area contributed by atoms with Gasteiger partial charge in [0.2, 0.25) is 0 Å². The van der Waals surface area contributed by atoms with Gasteiger partial charge in [0.1, 0.15) is 0 Å². The van der Waals surface area contributed by atoms with Gasteiger partial charge in [0, 0.05) is 25.4 Å². The first-order valence-corrected chi connectivity index (χ1v) is 5.48. The molecule has 0 aliphatic heterocycles. The van der Waals surface area contributed by atoms with Crippen LogP contribution in [0.25, 0.3) is 5.70 Å². The smallest absolute Gasteiger partial charge is 0.171 e. The fourth-order valence-corrected chi connectivity index (χ4v) is 1.22. The summed E-state index contributed by atoms with van der Waals surface area (Å²) in [7, 11) is 2.94. The lowest BCUT2D eigenvalue weighted by Crippen LogP contribution is -2.14. The molecule has 1 nitrogen and oxygen atoms in total. The molecule has 0 radical (unpaired) electrons. The zero-order valence-corrected chi connectivity index (χ0v) is 11.2. The second-order valence-electron chi connectivity index (χ2n) is 3.60. The molecular formula is C13H17F4N. The number of benzene rings is 1. The third-order valence-corrected chi connectivity index (χ3v) is 2.31. The Morgan fingerprint density at radius 2 is 1.22 bits per heavy atom. The van der Waals surface area contributed by atoms with Crippen molar-refractivity contribution < 1.29 is 17.6 Å². The largest absolute Gasteiger partial charge is 0.377 e. The van der Waals surface area contributed by atoms with Gasteiger partial charge in [0.15, 0.2) is 23.3 Å². The summed E-state index contributed by atoms with van der Waals surface area (Å²) in [5, 5.41) is 0. The first-order chi connectivity index (χ1) is 8.29. The van der Waals surface area contributed by atoms with Gasteiger partial charge in [-0.15, -0.1) is 0 Å². The Balaban J connectivity index is 0.00000137. The number of nitrogens with zero attached hydrogens (tertiary/aromatic N) is 1. The Hall–Kier alpha value is -1.52. The monoisotopic (exact) mass is 263 g/mol. The van der Waals surface area contributed by atoms with Crippen LogP contribution in [0.15, 0.2) is 6.58 Å². The lowest BCUT2D eigenvalue weighted by molar-refractivity contribution is 0.435. The zero-order chi connectivity index (χ0) is 14.6. The van der Waals surface area contributed by atoms with Crippen molar-refractivity contribution in [3.63, 3.8) is 0 Å². The molecule has 1 aromatic rings. The highest BCUT2D eigenvalue weighted by atomic mass is 19.2. The van der Waals surface area contributed by atoms with Crippen molar-refractivity contribution >= 4 is 5.70 Å². The van der Waals surface area contributed by atoms with E-state index in [0.717, 1.165) is 6.92 Å². The fraction of sp³-hybridized carbons (Fsp3) is 0.385. The average Bonchev–Trinajstić information content (AvgIpc) is 2.36. The molecule has 0 amide bonds. The van der Waals surface area contributed by atoms with Gasteiger partial charge in [0.05, 0.1) is 5.56 Å². The predicted molar refractivity (Wildman–Crippen MR) is 65.1 cm³/mol. The van der Waals surface area contributed by atoms with Gasteiger partial charge >= 0.3 is 0 Å². The van der Waals surface area contributed by atoms with E-state index < -0.39 is 34.4 Å². The van der Waals surface area contributed by atoms with Crippen LogP contribution in [0.2, 0.25) is 0 Å². The van der Waals surface area contributed by atoms with Gasteiger partial charge in [-0.2, -0.15) is 0 Å². The molecule has 1 rings (SSSR count). The molecule has 0 fully saturated rings. The van der Waals surface area contributed by atoms with Crippen molar-refractivity contribution in [1.82, 2.24) is 4.90 Å². The van der Waals surface area contributed by atoms with Gasteiger partial charge < -0.3 is 4.90 Å². The lowest BCUT2D eigenvalue weighted by atomic mass is 10.1. The molecular weight excluding hydrogens is 246 g/mol. The molecule has 0 aliphatic rings. The van der Waals surface area contributed by atoms with Crippen LogP contribution in [0.3, 0.4) is 0 Å². The van der Waals surface area contributed by atoms with E-state index in [4.69, 9.17) is 0 Å². The van der Waals surface area contributed by atoms with Gasteiger partial charge in [-0.3, -0.25) is 0 Å².